The minimum absolute atomic E-state index is 0.107. The number of hydrogen-bond donors (Lipinski definition) is 1. The second-order valence-electron chi connectivity index (χ2n) is 6.56. The maximum absolute atomic E-state index is 12.8. The Hall–Kier alpha value is -2.82. The lowest BCUT2D eigenvalue weighted by Crippen LogP contribution is -2.33. The summed E-state index contributed by atoms with van der Waals surface area (Å²) in [6.07, 6.45) is 2.48. The molecule has 136 valence electrons. The van der Waals surface area contributed by atoms with Crippen LogP contribution in [0.4, 0.5) is 0 Å². The van der Waals surface area contributed by atoms with E-state index < -0.39 is 0 Å². The highest BCUT2D eigenvalue weighted by Crippen LogP contribution is 2.29. The number of ether oxygens (including phenoxy) is 1. The summed E-state index contributed by atoms with van der Waals surface area (Å²) in [4.78, 5) is 26.4. The second kappa shape index (κ2) is 8.04. The largest absolute Gasteiger partial charge is 0.497 e. The predicted molar refractivity (Wildman–Crippen MR) is 100 cm³/mol. The zero-order chi connectivity index (χ0) is 18.5. The number of benzene rings is 2. The number of nitrogens with zero attached hydrogens (tertiary/aromatic N) is 1. The van der Waals surface area contributed by atoms with Crippen molar-refractivity contribution in [2.45, 2.75) is 31.8 Å². The minimum atomic E-state index is -0.107. The van der Waals surface area contributed by atoms with Crippen molar-refractivity contribution in [3.8, 4) is 5.75 Å². The van der Waals surface area contributed by atoms with Crippen molar-refractivity contribution < 1.29 is 14.3 Å². The lowest BCUT2D eigenvalue weighted by molar-refractivity contribution is -0.131. The summed E-state index contributed by atoms with van der Waals surface area (Å²) >= 11 is 0. The van der Waals surface area contributed by atoms with Gasteiger partial charge in [-0.05, 0) is 48.2 Å². The third kappa shape index (κ3) is 4.42. The molecule has 2 aromatic rings. The van der Waals surface area contributed by atoms with Crippen LogP contribution in [0, 0.1) is 0 Å². The lowest BCUT2D eigenvalue weighted by atomic mass is 10.1. The number of nitrogens with one attached hydrogen (secondary N) is 1. The molecule has 0 atom stereocenters. The molecule has 0 unspecified atom stereocenters. The van der Waals surface area contributed by atoms with Crippen LogP contribution < -0.4 is 10.1 Å². The molecule has 0 radical (unpaired) electrons. The summed E-state index contributed by atoms with van der Waals surface area (Å²) in [7, 11) is 3.24. The quantitative estimate of drug-likeness (QED) is 0.834. The molecule has 0 saturated heterocycles. The van der Waals surface area contributed by atoms with Crippen LogP contribution >= 0.6 is 0 Å². The van der Waals surface area contributed by atoms with Crippen molar-refractivity contribution in [3.63, 3.8) is 0 Å². The van der Waals surface area contributed by atoms with Gasteiger partial charge in [0.1, 0.15) is 5.75 Å². The average Bonchev–Trinajstić information content (AvgIpc) is 3.51. The van der Waals surface area contributed by atoms with Crippen LogP contribution in [0.2, 0.25) is 0 Å². The van der Waals surface area contributed by atoms with Gasteiger partial charge in [-0.3, -0.25) is 9.59 Å². The first kappa shape index (κ1) is 18.0. The van der Waals surface area contributed by atoms with Gasteiger partial charge in [-0.25, -0.2) is 0 Å². The first-order valence-corrected chi connectivity index (χ1v) is 8.84. The van der Waals surface area contributed by atoms with Crippen molar-refractivity contribution >= 4 is 11.8 Å². The Balaban J connectivity index is 1.68. The molecule has 26 heavy (non-hydrogen) atoms. The number of amides is 2. The van der Waals surface area contributed by atoms with Gasteiger partial charge >= 0.3 is 0 Å². The van der Waals surface area contributed by atoms with Crippen LogP contribution in [-0.4, -0.2) is 36.9 Å². The highest BCUT2D eigenvalue weighted by Gasteiger charge is 2.32. The molecule has 1 fully saturated rings. The third-order valence-corrected chi connectivity index (χ3v) is 4.59. The molecule has 3 rings (SSSR count). The van der Waals surface area contributed by atoms with E-state index in [0.29, 0.717) is 24.6 Å². The minimum Gasteiger partial charge on any atom is -0.497 e. The molecule has 2 amide bonds. The van der Waals surface area contributed by atoms with Crippen molar-refractivity contribution in [2.24, 2.45) is 0 Å². The Bertz CT molecular complexity index is 782. The number of rotatable bonds is 7. The molecule has 2 aromatic carbocycles. The van der Waals surface area contributed by atoms with Gasteiger partial charge in [0.15, 0.2) is 0 Å². The Kier molecular flexibility index (Phi) is 5.56. The van der Waals surface area contributed by atoms with Gasteiger partial charge in [0, 0.05) is 25.2 Å². The number of carbonyl (C=O) groups excluding carboxylic acids is 2. The van der Waals surface area contributed by atoms with Crippen molar-refractivity contribution in [2.75, 3.05) is 14.2 Å². The van der Waals surface area contributed by atoms with Crippen LogP contribution in [0.5, 0.6) is 5.75 Å². The van der Waals surface area contributed by atoms with E-state index in [4.69, 9.17) is 4.74 Å². The van der Waals surface area contributed by atoms with Gasteiger partial charge in [-0.2, -0.15) is 0 Å². The second-order valence-corrected chi connectivity index (χ2v) is 6.56. The standard InChI is InChI=1S/C21H24N2O3/c1-22-21(25)17-8-6-15(7-9-17)14-23(18-10-11-18)20(24)13-16-4-3-5-19(12-16)26-2/h3-9,12,18H,10-11,13-14H2,1-2H3,(H,22,25). The molecule has 1 saturated carbocycles. The van der Waals surface area contributed by atoms with E-state index in [2.05, 4.69) is 5.32 Å². The van der Waals surface area contributed by atoms with E-state index in [1.165, 1.54) is 0 Å². The van der Waals surface area contributed by atoms with Crippen molar-refractivity contribution in [1.29, 1.82) is 0 Å². The summed E-state index contributed by atoms with van der Waals surface area (Å²) in [6, 6.07) is 15.4. The summed E-state index contributed by atoms with van der Waals surface area (Å²) < 4.78 is 5.23. The fourth-order valence-electron chi connectivity index (χ4n) is 2.97. The zero-order valence-corrected chi connectivity index (χ0v) is 15.2. The van der Waals surface area contributed by atoms with Crippen LogP contribution in [0.1, 0.15) is 34.3 Å². The first-order chi connectivity index (χ1) is 12.6. The molecule has 0 aliphatic heterocycles. The van der Waals surface area contributed by atoms with Gasteiger partial charge in [-0.15, -0.1) is 0 Å². The van der Waals surface area contributed by atoms with Crippen LogP contribution in [0.15, 0.2) is 48.5 Å². The van der Waals surface area contributed by atoms with Gasteiger partial charge in [0.05, 0.1) is 13.5 Å². The van der Waals surface area contributed by atoms with E-state index in [-0.39, 0.29) is 11.8 Å². The summed E-state index contributed by atoms with van der Waals surface area (Å²) in [6.45, 7) is 0.571. The van der Waals surface area contributed by atoms with E-state index in [1.807, 2.05) is 41.3 Å². The van der Waals surface area contributed by atoms with E-state index >= 15 is 0 Å². The molecule has 1 aliphatic carbocycles. The first-order valence-electron chi connectivity index (χ1n) is 8.84. The molecular weight excluding hydrogens is 328 g/mol. The fraction of sp³-hybridized carbons (Fsp3) is 0.333. The molecular formula is C21H24N2O3. The Morgan fingerprint density at radius 3 is 2.46 bits per heavy atom. The van der Waals surface area contributed by atoms with E-state index in [1.54, 1.807) is 26.3 Å². The number of methoxy groups -OCH3 is 1. The van der Waals surface area contributed by atoms with Crippen LogP contribution in [0.3, 0.4) is 0 Å². The van der Waals surface area contributed by atoms with Crippen molar-refractivity contribution in [1.82, 2.24) is 10.2 Å². The topological polar surface area (TPSA) is 58.6 Å². The smallest absolute Gasteiger partial charge is 0.251 e. The Labute approximate surface area is 154 Å². The Morgan fingerprint density at radius 2 is 1.85 bits per heavy atom. The summed E-state index contributed by atoms with van der Waals surface area (Å²) in [5, 5.41) is 2.61. The monoisotopic (exact) mass is 352 g/mol. The Morgan fingerprint density at radius 1 is 1.12 bits per heavy atom. The SMILES string of the molecule is CNC(=O)c1ccc(CN(C(=O)Cc2cccc(OC)c2)C2CC2)cc1. The van der Waals surface area contributed by atoms with Crippen molar-refractivity contribution in [3.05, 3.63) is 65.2 Å². The molecule has 0 heterocycles. The lowest BCUT2D eigenvalue weighted by Gasteiger charge is -2.23. The number of carbonyl (C=O) groups is 2. The molecule has 5 nitrogen and oxygen atoms in total. The van der Waals surface area contributed by atoms with Gasteiger partial charge in [-0.1, -0.05) is 24.3 Å². The fourth-order valence-corrected chi connectivity index (χ4v) is 2.97. The third-order valence-electron chi connectivity index (χ3n) is 4.59. The van der Waals surface area contributed by atoms with Gasteiger partial charge < -0.3 is 15.0 Å². The maximum atomic E-state index is 12.8. The van der Waals surface area contributed by atoms with Gasteiger partial charge in [0.2, 0.25) is 5.91 Å². The zero-order valence-electron chi connectivity index (χ0n) is 15.2. The predicted octanol–water partition coefficient (Wildman–Crippen LogP) is 2.79. The van der Waals surface area contributed by atoms with E-state index in [0.717, 1.165) is 29.7 Å². The molecule has 1 N–H and O–H groups in total. The van der Waals surface area contributed by atoms with Crippen LogP contribution in [0.25, 0.3) is 0 Å². The number of hydrogen-bond acceptors (Lipinski definition) is 3. The van der Waals surface area contributed by atoms with E-state index in [9.17, 15) is 9.59 Å². The highest BCUT2D eigenvalue weighted by atomic mass is 16.5. The molecule has 5 heteroatoms. The maximum Gasteiger partial charge on any atom is 0.251 e. The molecule has 1 aliphatic rings. The van der Waals surface area contributed by atoms with Gasteiger partial charge in [0.25, 0.3) is 5.91 Å². The average molecular weight is 352 g/mol. The molecule has 0 spiro atoms. The molecule has 0 aromatic heterocycles. The van der Waals surface area contributed by atoms with Crippen LogP contribution in [-0.2, 0) is 17.8 Å². The normalized spacial score (nSPS) is 13.2. The molecule has 0 bridgehead atoms. The summed E-state index contributed by atoms with van der Waals surface area (Å²) in [5.74, 6) is 0.777. The highest BCUT2D eigenvalue weighted by molar-refractivity contribution is 5.93. The summed E-state index contributed by atoms with van der Waals surface area (Å²) in [5.41, 5.74) is 2.61.